The van der Waals surface area contributed by atoms with E-state index in [2.05, 4.69) is 15.9 Å². The fraction of sp³-hybridized carbons (Fsp3) is 0.200. The molecule has 2 aromatic rings. The lowest BCUT2D eigenvalue weighted by Crippen LogP contribution is -2.13. The summed E-state index contributed by atoms with van der Waals surface area (Å²) < 4.78 is 19.2. The van der Waals surface area contributed by atoms with Crippen LogP contribution in [0.15, 0.2) is 40.9 Å². The Hall–Kier alpha value is -1.39. The molecule has 0 heterocycles. The number of benzene rings is 2. The van der Waals surface area contributed by atoms with Gasteiger partial charge in [-0.15, -0.1) is 0 Å². The lowest BCUT2D eigenvalue weighted by Gasteiger charge is -2.16. The first-order valence-electron chi connectivity index (χ1n) is 5.88. The second-order valence-electron chi connectivity index (χ2n) is 4.37. The van der Waals surface area contributed by atoms with Crippen LogP contribution in [0.25, 0.3) is 0 Å². The number of rotatable bonds is 3. The molecule has 2 aromatic carbocycles. The summed E-state index contributed by atoms with van der Waals surface area (Å²) in [7, 11) is 1.62. The van der Waals surface area contributed by atoms with Crippen LogP contribution in [0.3, 0.4) is 0 Å². The second-order valence-corrected chi connectivity index (χ2v) is 5.23. The van der Waals surface area contributed by atoms with Crippen LogP contribution in [-0.2, 0) is 0 Å². The summed E-state index contributed by atoms with van der Waals surface area (Å²) in [6.07, 6.45) is 0. The van der Waals surface area contributed by atoms with Crippen molar-refractivity contribution in [2.45, 2.75) is 13.0 Å². The Labute approximate surface area is 120 Å². The largest absolute Gasteiger partial charge is 0.497 e. The first kappa shape index (κ1) is 14.0. The monoisotopic (exact) mass is 323 g/mol. The summed E-state index contributed by atoms with van der Waals surface area (Å²) >= 11 is 3.14. The highest BCUT2D eigenvalue weighted by Crippen LogP contribution is 2.27. The molecular weight excluding hydrogens is 309 g/mol. The van der Waals surface area contributed by atoms with Gasteiger partial charge in [0, 0.05) is 0 Å². The molecule has 2 N–H and O–H groups in total. The normalized spacial score (nSPS) is 12.3. The van der Waals surface area contributed by atoms with Gasteiger partial charge in [-0.1, -0.05) is 12.1 Å². The van der Waals surface area contributed by atoms with Crippen LogP contribution >= 0.6 is 15.9 Å². The van der Waals surface area contributed by atoms with Crippen LogP contribution in [0.1, 0.15) is 22.7 Å². The molecule has 100 valence electrons. The summed E-state index contributed by atoms with van der Waals surface area (Å²) in [6.45, 7) is 1.97. The van der Waals surface area contributed by atoms with E-state index in [-0.39, 0.29) is 11.9 Å². The van der Waals surface area contributed by atoms with E-state index in [1.807, 2.05) is 31.2 Å². The van der Waals surface area contributed by atoms with E-state index >= 15 is 0 Å². The molecule has 0 amide bonds. The first-order valence-corrected chi connectivity index (χ1v) is 6.67. The molecule has 2 rings (SSSR count). The highest BCUT2D eigenvalue weighted by molar-refractivity contribution is 9.10. The lowest BCUT2D eigenvalue weighted by atomic mass is 9.95. The van der Waals surface area contributed by atoms with Gasteiger partial charge in [0.05, 0.1) is 17.6 Å². The van der Waals surface area contributed by atoms with Gasteiger partial charge < -0.3 is 10.5 Å². The van der Waals surface area contributed by atoms with Gasteiger partial charge in [-0.2, -0.15) is 0 Å². The molecule has 0 aliphatic rings. The van der Waals surface area contributed by atoms with Crippen molar-refractivity contribution in [3.63, 3.8) is 0 Å². The molecule has 0 saturated heterocycles. The molecule has 4 heteroatoms. The van der Waals surface area contributed by atoms with Crippen LogP contribution in [0, 0.1) is 12.7 Å². The SMILES string of the molecule is COc1ccc(C(N)c2ccc(Br)c(F)c2)c(C)c1. The van der Waals surface area contributed by atoms with E-state index in [4.69, 9.17) is 10.5 Å². The van der Waals surface area contributed by atoms with E-state index in [9.17, 15) is 4.39 Å². The topological polar surface area (TPSA) is 35.2 Å². The quantitative estimate of drug-likeness (QED) is 0.928. The zero-order valence-corrected chi connectivity index (χ0v) is 12.4. The fourth-order valence-corrected chi connectivity index (χ4v) is 2.26. The predicted octanol–water partition coefficient (Wildman–Crippen LogP) is 3.95. The van der Waals surface area contributed by atoms with Crippen molar-refractivity contribution < 1.29 is 9.13 Å². The van der Waals surface area contributed by atoms with Crippen LogP contribution < -0.4 is 10.5 Å². The highest BCUT2D eigenvalue weighted by Gasteiger charge is 2.13. The van der Waals surface area contributed by atoms with Gasteiger partial charge in [0.2, 0.25) is 0 Å². The third-order valence-corrected chi connectivity index (χ3v) is 3.76. The Morgan fingerprint density at radius 1 is 1.21 bits per heavy atom. The molecule has 0 spiro atoms. The lowest BCUT2D eigenvalue weighted by molar-refractivity contribution is 0.414. The number of ether oxygens (including phenoxy) is 1. The molecule has 19 heavy (non-hydrogen) atoms. The van der Waals surface area contributed by atoms with Crippen molar-refractivity contribution in [3.8, 4) is 5.75 Å². The van der Waals surface area contributed by atoms with E-state index < -0.39 is 0 Å². The van der Waals surface area contributed by atoms with E-state index in [0.717, 1.165) is 22.4 Å². The number of nitrogens with two attached hydrogens (primary N) is 1. The molecule has 1 unspecified atom stereocenters. The Bertz CT molecular complexity index is 601. The standard InChI is InChI=1S/C15H15BrFNO/c1-9-7-11(19-2)4-5-12(9)15(18)10-3-6-13(16)14(17)8-10/h3-8,15H,18H2,1-2H3. The summed E-state index contributed by atoms with van der Waals surface area (Å²) in [6, 6.07) is 10.3. The molecule has 0 fully saturated rings. The van der Waals surface area contributed by atoms with Crippen LogP contribution in [0.5, 0.6) is 5.75 Å². The third-order valence-electron chi connectivity index (χ3n) is 3.11. The highest BCUT2D eigenvalue weighted by atomic mass is 79.9. The molecule has 0 aromatic heterocycles. The Morgan fingerprint density at radius 3 is 2.53 bits per heavy atom. The Balaban J connectivity index is 2.38. The number of hydrogen-bond donors (Lipinski definition) is 1. The minimum atomic E-state index is -0.353. The van der Waals surface area contributed by atoms with E-state index in [1.54, 1.807) is 13.2 Å². The zero-order chi connectivity index (χ0) is 14.0. The van der Waals surface area contributed by atoms with E-state index in [0.29, 0.717) is 4.47 Å². The van der Waals surface area contributed by atoms with Crippen molar-refractivity contribution in [3.05, 3.63) is 63.4 Å². The smallest absolute Gasteiger partial charge is 0.137 e. The van der Waals surface area contributed by atoms with Gasteiger partial charge in [0.15, 0.2) is 0 Å². The number of methoxy groups -OCH3 is 1. The van der Waals surface area contributed by atoms with Gasteiger partial charge in [0.25, 0.3) is 0 Å². The number of halogens is 2. The summed E-state index contributed by atoms with van der Waals surface area (Å²) in [5, 5.41) is 0. The van der Waals surface area contributed by atoms with Crippen molar-refractivity contribution >= 4 is 15.9 Å². The van der Waals surface area contributed by atoms with Gasteiger partial charge in [-0.25, -0.2) is 4.39 Å². The van der Waals surface area contributed by atoms with Crippen molar-refractivity contribution in [1.29, 1.82) is 0 Å². The number of aryl methyl sites for hydroxylation is 1. The molecule has 0 bridgehead atoms. The van der Waals surface area contributed by atoms with Gasteiger partial charge >= 0.3 is 0 Å². The molecule has 1 atom stereocenters. The average molecular weight is 324 g/mol. The van der Waals surface area contributed by atoms with Gasteiger partial charge in [-0.05, 0) is 63.8 Å². The van der Waals surface area contributed by atoms with Crippen LogP contribution in [0.4, 0.5) is 4.39 Å². The fourth-order valence-electron chi connectivity index (χ4n) is 2.01. The minimum absolute atomic E-state index is 0.306. The first-order chi connectivity index (χ1) is 9.02. The summed E-state index contributed by atoms with van der Waals surface area (Å²) in [5.74, 6) is 0.481. The maximum Gasteiger partial charge on any atom is 0.137 e. The summed E-state index contributed by atoms with van der Waals surface area (Å²) in [5.41, 5.74) is 8.93. The van der Waals surface area contributed by atoms with Crippen molar-refractivity contribution in [1.82, 2.24) is 0 Å². The summed E-state index contributed by atoms with van der Waals surface area (Å²) in [4.78, 5) is 0. The molecule has 0 saturated carbocycles. The molecule has 0 aliphatic heterocycles. The van der Waals surface area contributed by atoms with E-state index in [1.165, 1.54) is 6.07 Å². The van der Waals surface area contributed by atoms with Crippen molar-refractivity contribution in [2.75, 3.05) is 7.11 Å². The molecule has 2 nitrogen and oxygen atoms in total. The maximum absolute atomic E-state index is 13.6. The van der Waals surface area contributed by atoms with Crippen molar-refractivity contribution in [2.24, 2.45) is 5.73 Å². The minimum Gasteiger partial charge on any atom is -0.497 e. The zero-order valence-electron chi connectivity index (χ0n) is 10.8. The maximum atomic E-state index is 13.6. The molecule has 0 radical (unpaired) electrons. The Kier molecular flexibility index (Phi) is 4.22. The van der Waals surface area contributed by atoms with Gasteiger partial charge in [0.1, 0.15) is 11.6 Å². The van der Waals surface area contributed by atoms with Gasteiger partial charge in [-0.3, -0.25) is 0 Å². The third kappa shape index (κ3) is 2.96. The Morgan fingerprint density at radius 2 is 1.95 bits per heavy atom. The molecular formula is C15H15BrFNO. The average Bonchev–Trinajstić information content (AvgIpc) is 2.41. The second kappa shape index (κ2) is 5.72. The molecule has 0 aliphatic carbocycles. The predicted molar refractivity (Wildman–Crippen MR) is 77.9 cm³/mol. The van der Waals surface area contributed by atoms with Crippen LogP contribution in [0.2, 0.25) is 0 Å². The number of hydrogen-bond acceptors (Lipinski definition) is 2. The van der Waals surface area contributed by atoms with Crippen LogP contribution in [-0.4, -0.2) is 7.11 Å².